The van der Waals surface area contributed by atoms with E-state index in [-0.39, 0.29) is 0 Å². The summed E-state index contributed by atoms with van der Waals surface area (Å²) in [5, 5.41) is 0. The Kier molecular flexibility index (Phi) is 5.71. The van der Waals surface area contributed by atoms with Gasteiger partial charge in [0.1, 0.15) is 0 Å². The van der Waals surface area contributed by atoms with Crippen LogP contribution in [0.1, 0.15) is 20.9 Å². The number of hydrogen-bond donors (Lipinski definition) is 0. The molecule has 0 radical (unpaired) electrons. The number of fused-ring (bicyclic) bond motifs is 2. The number of hydrogen-bond acceptors (Lipinski definition) is 4. The van der Waals surface area contributed by atoms with Crippen LogP contribution in [-0.4, -0.2) is 0 Å². The first-order valence-electron chi connectivity index (χ1n) is 10.8. The molecular weight excluding hydrogens is 471 g/mol. The van der Waals surface area contributed by atoms with Crippen LogP contribution in [0.5, 0.6) is 0 Å². The van der Waals surface area contributed by atoms with Gasteiger partial charge in [0.05, 0.1) is 29.5 Å². The lowest BCUT2D eigenvalue weighted by molar-refractivity contribution is 1.23. The van der Waals surface area contributed by atoms with Crippen molar-refractivity contribution < 1.29 is 0 Å². The van der Waals surface area contributed by atoms with Crippen molar-refractivity contribution in [1.29, 1.82) is 0 Å². The summed E-state index contributed by atoms with van der Waals surface area (Å²) in [6, 6.07) is 35.2. The zero-order chi connectivity index (χ0) is 22.7. The molecule has 0 bridgehead atoms. The molecular formula is C30H17NS3. The summed E-state index contributed by atoms with van der Waals surface area (Å²) >= 11 is 5.33. The van der Waals surface area contributed by atoms with E-state index in [1.54, 1.807) is 22.7 Å². The second-order valence-corrected chi connectivity index (χ2v) is 11.2. The van der Waals surface area contributed by atoms with E-state index < -0.39 is 0 Å². The third-order valence-electron chi connectivity index (χ3n) is 5.25. The fourth-order valence-electron chi connectivity index (χ4n) is 3.69. The lowest BCUT2D eigenvalue weighted by Gasteiger charge is -2.28. The van der Waals surface area contributed by atoms with Gasteiger partial charge in [0.15, 0.2) is 0 Å². The van der Waals surface area contributed by atoms with Crippen LogP contribution in [0.25, 0.3) is 0 Å². The van der Waals surface area contributed by atoms with Crippen molar-refractivity contribution in [3.8, 4) is 23.7 Å². The van der Waals surface area contributed by atoms with Crippen molar-refractivity contribution in [2.24, 2.45) is 0 Å². The maximum absolute atomic E-state index is 3.37. The second kappa shape index (κ2) is 9.29. The largest absolute Gasteiger partial charge is 0.306 e. The molecule has 1 aliphatic rings. The van der Waals surface area contributed by atoms with Gasteiger partial charge in [-0.1, -0.05) is 90.0 Å². The number of thiophene rings is 2. The van der Waals surface area contributed by atoms with Gasteiger partial charge in [-0.2, -0.15) is 0 Å². The standard InChI is InChI=1S/C30H17NS3/c1-4-10-22(11-5-1)16-18-25-20-27-29(32-25)34-30-28(31(27)24-14-8-3-9-15-24)21-26(33-30)19-17-23-12-6-2-7-13-23/h1-15,20-21H. The molecule has 6 rings (SSSR count). The van der Waals surface area contributed by atoms with E-state index in [2.05, 4.69) is 71.0 Å². The van der Waals surface area contributed by atoms with Crippen LogP contribution in [0.15, 0.2) is 112 Å². The third-order valence-corrected chi connectivity index (χ3v) is 8.71. The van der Waals surface area contributed by atoms with Gasteiger partial charge in [-0.15, -0.1) is 22.7 Å². The molecule has 0 saturated heterocycles. The fraction of sp³-hybridized carbons (Fsp3) is 0. The van der Waals surface area contributed by atoms with E-state index in [9.17, 15) is 0 Å². The molecule has 4 heteroatoms. The third kappa shape index (κ3) is 4.28. The summed E-state index contributed by atoms with van der Waals surface area (Å²) < 4.78 is 2.52. The molecule has 3 aromatic carbocycles. The summed E-state index contributed by atoms with van der Waals surface area (Å²) in [5.41, 5.74) is 5.58. The van der Waals surface area contributed by atoms with Gasteiger partial charge >= 0.3 is 0 Å². The quantitative estimate of drug-likeness (QED) is 0.214. The second-order valence-electron chi connectivity index (χ2n) is 7.57. The molecule has 0 atom stereocenters. The Balaban J connectivity index is 1.40. The summed E-state index contributed by atoms with van der Waals surface area (Å²) in [7, 11) is 0. The van der Waals surface area contributed by atoms with Crippen molar-refractivity contribution in [2.75, 3.05) is 4.90 Å². The lowest BCUT2D eigenvalue weighted by atomic mass is 10.2. The molecule has 1 nitrogen and oxygen atoms in total. The summed E-state index contributed by atoms with van der Waals surface area (Å²) in [4.78, 5) is 4.48. The molecule has 34 heavy (non-hydrogen) atoms. The van der Waals surface area contributed by atoms with Crippen molar-refractivity contribution in [3.63, 3.8) is 0 Å². The minimum Gasteiger partial charge on any atom is -0.306 e. The molecule has 0 aliphatic carbocycles. The monoisotopic (exact) mass is 487 g/mol. The highest BCUT2D eigenvalue weighted by molar-refractivity contribution is 8.03. The predicted molar refractivity (Wildman–Crippen MR) is 146 cm³/mol. The number of para-hydroxylation sites is 1. The van der Waals surface area contributed by atoms with Crippen LogP contribution >= 0.6 is 34.4 Å². The van der Waals surface area contributed by atoms with Crippen LogP contribution in [0.2, 0.25) is 0 Å². The first-order chi connectivity index (χ1) is 16.8. The molecule has 160 valence electrons. The van der Waals surface area contributed by atoms with Crippen LogP contribution in [0.4, 0.5) is 17.1 Å². The van der Waals surface area contributed by atoms with Crippen LogP contribution in [0.3, 0.4) is 0 Å². The van der Waals surface area contributed by atoms with Gasteiger partial charge in [-0.25, -0.2) is 0 Å². The van der Waals surface area contributed by atoms with E-state index in [0.29, 0.717) is 0 Å². The van der Waals surface area contributed by atoms with Gasteiger partial charge in [0.2, 0.25) is 0 Å². The smallest absolute Gasteiger partial charge is 0.0909 e. The first-order valence-corrected chi connectivity index (χ1v) is 13.2. The molecule has 5 aromatic rings. The highest BCUT2D eigenvalue weighted by Gasteiger charge is 2.29. The zero-order valence-corrected chi connectivity index (χ0v) is 20.4. The average molecular weight is 488 g/mol. The van der Waals surface area contributed by atoms with Crippen LogP contribution in [0, 0.1) is 23.7 Å². The van der Waals surface area contributed by atoms with Crippen molar-refractivity contribution >= 4 is 51.5 Å². The minimum atomic E-state index is 1.03. The van der Waals surface area contributed by atoms with Gasteiger partial charge in [0, 0.05) is 16.8 Å². The molecule has 1 aliphatic heterocycles. The average Bonchev–Trinajstić information content (AvgIpc) is 3.49. The number of rotatable bonds is 1. The van der Waals surface area contributed by atoms with E-state index in [4.69, 9.17) is 0 Å². The Bertz CT molecular complexity index is 1470. The Morgan fingerprint density at radius 1 is 0.500 bits per heavy atom. The maximum atomic E-state index is 3.37. The summed E-state index contributed by atoms with van der Waals surface area (Å²) in [6.07, 6.45) is 0. The fourth-order valence-corrected chi connectivity index (χ4v) is 7.35. The van der Waals surface area contributed by atoms with Crippen molar-refractivity contribution in [1.82, 2.24) is 0 Å². The Morgan fingerprint density at radius 2 is 0.941 bits per heavy atom. The Morgan fingerprint density at radius 3 is 1.41 bits per heavy atom. The van der Waals surface area contributed by atoms with Gasteiger partial charge < -0.3 is 4.90 Å². The van der Waals surface area contributed by atoms with E-state index in [1.807, 2.05) is 72.4 Å². The van der Waals surface area contributed by atoms with Gasteiger partial charge in [0.25, 0.3) is 0 Å². The van der Waals surface area contributed by atoms with Crippen molar-refractivity contribution in [3.05, 3.63) is 124 Å². The molecule has 0 saturated carbocycles. The molecule has 0 fully saturated rings. The normalized spacial score (nSPS) is 11.5. The highest BCUT2D eigenvalue weighted by atomic mass is 32.2. The Labute approximate surface area is 211 Å². The summed E-state index contributed by atoms with van der Waals surface area (Å²) in [5.74, 6) is 13.3. The number of benzene rings is 3. The predicted octanol–water partition coefficient (Wildman–Crippen LogP) is 8.54. The SMILES string of the molecule is C(#Cc1cc2c(s1)Sc1sc(C#Cc3ccccc3)cc1N2c1ccccc1)c1ccccc1. The molecule has 0 spiro atoms. The molecule has 0 unspecified atom stereocenters. The number of nitrogens with zero attached hydrogens (tertiary/aromatic N) is 1. The van der Waals surface area contributed by atoms with Gasteiger partial charge in [-0.05, 0) is 48.5 Å². The molecule has 0 amide bonds. The van der Waals surface area contributed by atoms with E-state index in [0.717, 1.165) is 26.6 Å². The van der Waals surface area contributed by atoms with Gasteiger partial charge in [-0.3, -0.25) is 0 Å². The van der Waals surface area contributed by atoms with E-state index >= 15 is 0 Å². The first kappa shape index (κ1) is 20.9. The maximum Gasteiger partial charge on any atom is 0.0909 e. The van der Waals surface area contributed by atoms with Crippen LogP contribution < -0.4 is 4.90 Å². The molecule has 2 aromatic heterocycles. The van der Waals surface area contributed by atoms with Crippen LogP contribution in [-0.2, 0) is 0 Å². The number of anilines is 3. The van der Waals surface area contributed by atoms with E-state index in [1.165, 1.54) is 19.8 Å². The minimum absolute atomic E-state index is 1.03. The lowest BCUT2D eigenvalue weighted by Crippen LogP contribution is -2.11. The topological polar surface area (TPSA) is 3.24 Å². The Hall–Kier alpha value is -3.67. The highest BCUT2D eigenvalue weighted by Crippen LogP contribution is 2.57. The molecule has 3 heterocycles. The summed E-state index contributed by atoms with van der Waals surface area (Å²) in [6.45, 7) is 0. The zero-order valence-electron chi connectivity index (χ0n) is 18.0. The molecule has 0 N–H and O–H groups in total. The van der Waals surface area contributed by atoms with Crippen molar-refractivity contribution in [2.45, 2.75) is 8.42 Å².